The Morgan fingerprint density at radius 1 is 1.07 bits per heavy atom. The lowest BCUT2D eigenvalue weighted by molar-refractivity contribution is -0.305. The van der Waals surface area contributed by atoms with Crippen LogP contribution in [0.15, 0.2) is 54.6 Å². The fraction of sp³-hybridized carbons (Fsp3) is 0.238. The number of rotatable bonds is 6. The first-order valence-corrected chi connectivity index (χ1v) is 9.15. The van der Waals surface area contributed by atoms with Crippen LogP contribution in [0.5, 0.6) is 0 Å². The zero-order valence-corrected chi connectivity index (χ0v) is 15.7. The summed E-state index contributed by atoms with van der Waals surface area (Å²) in [6, 6.07) is 15.1. The van der Waals surface area contributed by atoms with Crippen molar-refractivity contribution in [3.63, 3.8) is 0 Å². The molecule has 1 aliphatic rings. The summed E-state index contributed by atoms with van der Waals surface area (Å²) in [5.74, 6) is -1.32. The summed E-state index contributed by atoms with van der Waals surface area (Å²) >= 11 is 5.98. The fourth-order valence-electron chi connectivity index (χ4n) is 2.99. The van der Waals surface area contributed by atoms with Crippen LogP contribution in [0.3, 0.4) is 0 Å². The Bertz CT molecular complexity index is 860. The van der Waals surface area contributed by atoms with Crippen LogP contribution in [0.2, 0.25) is 5.02 Å². The average Bonchev–Trinajstić information content (AvgIpc) is 3.08. The standard InChI is InChI=1S/C21H21ClN2O3/c1-14-5-7-15(8-6-14)18-13-19(16-9-11-17(22)12-10-16)24(23-18)20(25)3-2-4-21(26)27/h5-13,19,23H,2-4H2,1H3,(H,26,27)/p-1/t19-/m0/s1. The molecule has 0 fully saturated rings. The minimum Gasteiger partial charge on any atom is -0.550 e. The number of carbonyl (C=O) groups is 2. The van der Waals surface area contributed by atoms with Gasteiger partial charge in [0.05, 0.1) is 11.7 Å². The van der Waals surface area contributed by atoms with Crippen LogP contribution in [-0.2, 0) is 9.59 Å². The summed E-state index contributed by atoms with van der Waals surface area (Å²) in [6.45, 7) is 2.02. The maximum absolute atomic E-state index is 12.7. The molecule has 0 aliphatic carbocycles. The van der Waals surface area contributed by atoms with Crippen molar-refractivity contribution in [3.05, 3.63) is 76.3 Å². The molecule has 2 aromatic carbocycles. The lowest BCUT2D eigenvalue weighted by Crippen LogP contribution is -2.39. The van der Waals surface area contributed by atoms with E-state index in [1.54, 1.807) is 17.1 Å². The molecule has 2 aromatic rings. The van der Waals surface area contributed by atoms with Gasteiger partial charge in [0.1, 0.15) is 0 Å². The monoisotopic (exact) mass is 383 g/mol. The van der Waals surface area contributed by atoms with E-state index in [-0.39, 0.29) is 31.2 Å². The highest BCUT2D eigenvalue weighted by atomic mass is 35.5. The quantitative estimate of drug-likeness (QED) is 0.832. The van der Waals surface area contributed by atoms with Gasteiger partial charge in [0, 0.05) is 17.4 Å². The van der Waals surface area contributed by atoms with Gasteiger partial charge in [-0.3, -0.25) is 10.2 Å². The predicted molar refractivity (Wildman–Crippen MR) is 102 cm³/mol. The van der Waals surface area contributed by atoms with Crippen LogP contribution in [0, 0.1) is 6.92 Å². The van der Waals surface area contributed by atoms with Gasteiger partial charge in [0.25, 0.3) is 0 Å². The van der Waals surface area contributed by atoms with Gasteiger partial charge >= 0.3 is 0 Å². The van der Waals surface area contributed by atoms with Crippen LogP contribution in [0.1, 0.15) is 42.0 Å². The van der Waals surface area contributed by atoms with Crippen molar-refractivity contribution in [1.29, 1.82) is 0 Å². The van der Waals surface area contributed by atoms with Gasteiger partial charge in [-0.15, -0.1) is 0 Å². The summed E-state index contributed by atoms with van der Waals surface area (Å²) in [5, 5.41) is 12.8. The lowest BCUT2D eigenvalue weighted by atomic mass is 10.0. The number of halogens is 1. The van der Waals surface area contributed by atoms with Gasteiger partial charge in [-0.05, 0) is 49.1 Å². The molecule has 0 saturated carbocycles. The number of amides is 1. The number of hydrogen-bond acceptors (Lipinski definition) is 4. The van der Waals surface area contributed by atoms with Crippen molar-refractivity contribution < 1.29 is 14.7 Å². The molecule has 5 nitrogen and oxygen atoms in total. The first-order valence-electron chi connectivity index (χ1n) is 8.77. The van der Waals surface area contributed by atoms with Gasteiger partial charge in [-0.1, -0.05) is 53.6 Å². The Morgan fingerprint density at radius 3 is 2.37 bits per heavy atom. The number of carbonyl (C=O) groups excluding carboxylic acids is 2. The molecule has 0 bridgehead atoms. The maximum atomic E-state index is 12.7. The normalized spacial score (nSPS) is 16.0. The molecule has 1 heterocycles. The molecule has 0 radical (unpaired) electrons. The van der Waals surface area contributed by atoms with E-state index in [0.717, 1.165) is 22.4 Å². The van der Waals surface area contributed by atoms with E-state index in [0.29, 0.717) is 5.02 Å². The van der Waals surface area contributed by atoms with E-state index < -0.39 is 5.97 Å². The molecule has 1 atom stereocenters. The van der Waals surface area contributed by atoms with Gasteiger partial charge in [0.2, 0.25) is 5.91 Å². The van der Waals surface area contributed by atoms with Crippen molar-refractivity contribution in [1.82, 2.24) is 10.4 Å². The van der Waals surface area contributed by atoms with Crippen molar-refractivity contribution in [2.45, 2.75) is 32.2 Å². The molecule has 6 heteroatoms. The van der Waals surface area contributed by atoms with Crippen LogP contribution in [0.4, 0.5) is 0 Å². The minimum atomic E-state index is -1.15. The second kappa shape index (κ2) is 8.27. The molecule has 1 N–H and O–H groups in total. The number of carboxylic acids is 1. The Hall–Kier alpha value is -2.79. The number of hydrogen-bond donors (Lipinski definition) is 1. The summed E-state index contributed by atoms with van der Waals surface area (Å²) < 4.78 is 0. The van der Waals surface area contributed by atoms with E-state index in [4.69, 9.17) is 11.6 Å². The van der Waals surface area contributed by atoms with Gasteiger partial charge in [0.15, 0.2) is 0 Å². The predicted octanol–water partition coefficient (Wildman–Crippen LogP) is 3.00. The molecule has 0 aromatic heterocycles. The molecule has 140 valence electrons. The number of aliphatic carboxylic acids is 1. The Morgan fingerprint density at radius 2 is 1.74 bits per heavy atom. The summed E-state index contributed by atoms with van der Waals surface area (Å²) in [4.78, 5) is 23.3. The Labute approximate surface area is 163 Å². The second-order valence-corrected chi connectivity index (χ2v) is 6.98. The number of aryl methyl sites for hydroxylation is 1. The topological polar surface area (TPSA) is 72.5 Å². The lowest BCUT2D eigenvalue weighted by Gasteiger charge is -2.25. The van der Waals surface area contributed by atoms with E-state index in [2.05, 4.69) is 5.43 Å². The third-order valence-corrected chi connectivity index (χ3v) is 4.71. The summed E-state index contributed by atoms with van der Waals surface area (Å²) in [5.41, 5.74) is 7.06. The van der Waals surface area contributed by atoms with Gasteiger partial charge < -0.3 is 9.90 Å². The molecule has 27 heavy (non-hydrogen) atoms. The van der Waals surface area contributed by atoms with Crippen molar-refractivity contribution >= 4 is 29.2 Å². The zero-order chi connectivity index (χ0) is 19.4. The van der Waals surface area contributed by atoms with Gasteiger partial charge in [-0.25, -0.2) is 5.01 Å². The number of nitrogens with zero attached hydrogens (tertiary/aromatic N) is 1. The van der Waals surface area contributed by atoms with E-state index >= 15 is 0 Å². The molecule has 1 amide bonds. The van der Waals surface area contributed by atoms with Crippen LogP contribution < -0.4 is 10.5 Å². The smallest absolute Gasteiger partial charge is 0.241 e. The van der Waals surface area contributed by atoms with Crippen LogP contribution in [-0.4, -0.2) is 16.9 Å². The van der Waals surface area contributed by atoms with Crippen LogP contribution in [0.25, 0.3) is 5.70 Å². The summed E-state index contributed by atoms with van der Waals surface area (Å²) in [6.07, 6.45) is 2.22. The molecule has 0 unspecified atom stereocenters. The van der Waals surface area contributed by atoms with E-state index in [1.807, 2.05) is 49.4 Å². The number of benzene rings is 2. The highest BCUT2D eigenvalue weighted by Crippen LogP contribution is 2.32. The van der Waals surface area contributed by atoms with E-state index in [9.17, 15) is 14.7 Å². The Kier molecular flexibility index (Phi) is 5.81. The molecular weight excluding hydrogens is 364 g/mol. The first kappa shape index (κ1) is 19.0. The minimum absolute atomic E-state index is 0.125. The molecule has 0 saturated heterocycles. The summed E-state index contributed by atoms with van der Waals surface area (Å²) in [7, 11) is 0. The van der Waals surface area contributed by atoms with Crippen LogP contribution >= 0.6 is 11.6 Å². The molecule has 0 spiro atoms. The highest BCUT2D eigenvalue weighted by molar-refractivity contribution is 6.30. The third kappa shape index (κ3) is 4.68. The highest BCUT2D eigenvalue weighted by Gasteiger charge is 2.30. The van der Waals surface area contributed by atoms with Crippen molar-refractivity contribution in [2.24, 2.45) is 0 Å². The van der Waals surface area contributed by atoms with E-state index in [1.165, 1.54) is 0 Å². The number of carboxylic acid groups (broad SMARTS) is 1. The zero-order valence-electron chi connectivity index (χ0n) is 14.9. The molecule has 1 aliphatic heterocycles. The second-order valence-electron chi connectivity index (χ2n) is 6.54. The average molecular weight is 384 g/mol. The van der Waals surface area contributed by atoms with Gasteiger partial charge in [-0.2, -0.15) is 0 Å². The number of hydrazine groups is 1. The fourth-order valence-corrected chi connectivity index (χ4v) is 3.12. The first-order chi connectivity index (χ1) is 12.9. The molecule has 3 rings (SSSR count). The Balaban J connectivity index is 1.84. The maximum Gasteiger partial charge on any atom is 0.241 e. The molecular formula is C21H20ClN2O3-. The van der Waals surface area contributed by atoms with Crippen molar-refractivity contribution in [3.8, 4) is 0 Å². The largest absolute Gasteiger partial charge is 0.550 e. The van der Waals surface area contributed by atoms with Crippen molar-refractivity contribution in [2.75, 3.05) is 0 Å². The SMILES string of the molecule is Cc1ccc(C2=C[C@@H](c3ccc(Cl)cc3)N(C(=O)CCCC(=O)[O-])N2)cc1. The third-order valence-electron chi connectivity index (χ3n) is 4.46. The number of nitrogens with one attached hydrogen (secondary N) is 1.